The van der Waals surface area contributed by atoms with E-state index in [0.29, 0.717) is 0 Å². The summed E-state index contributed by atoms with van der Waals surface area (Å²) in [5.41, 5.74) is 11.0. The van der Waals surface area contributed by atoms with Crippen LogP contribution < -0.4 is 16.8 Å². The van der Waals surface area contributed by atoms with Gasteiger partial charge in [0.25, 0.3) is 0 Å². The van der Waals surface area contributed by atoms with Gasteiger partial charge in [0.1, 0.15) is 29.4 Å². The van der Waals surface area contributed by atoms with Crippen LogP contribution in [0.25, 0.3) is 0 Å². The second kappa shape index (κ2) is 10.8. The van der Waals surface area contributed by atoms with Crippen LogP contribution in [0.1, 0.15) is 45.1 Å². The number of Topliss-reactive ketones (excluding diaryl/α,β-unsaturated/α-hetero) is 1. The Morgan fingerprint density at radius 3 is 2.24 bits per heavy atom. The summed E-state index contributed by atoms with van der Waals surface area (Å²) in [6, 6.07) is 1.73. The third kappa shape index (κ3) is 7.99. The molecule has 0 bridgehead atoms. The monoisotopic (exact) mass is 406 g/mol. The molecule has 0 aromatic heterocycles. The summed E-state index contributed by atoms with van der Waals surface area (Å²) >= 11 is 0. The van der Waals surface area contributed by atoms with Gasteiger partial charge in [0, 0.05) is 30.2 Å². The number of primary amides is 2. The fourth-order valence-corrected chi connectivity index (χ4v) is 2.56. The number of carbonyl (C=O) groups is 4. The number of nitrogens with zero attached hydrogens (tertiary/aromatic N) is 1. The number of rotatable bonds is 11. The fourth-order valence-electron chi connectivity index (χ4n) is 2.56. The summed E-state index contributed by atoms with van der Waals surface area (Å²) in [5, 5.41) is 21.8. The lowest BCUT2D eigenvalue weighted by Crippen LogP contribution is -2.48. The minimum Gasteiger partial charge on any atom is -0.508 e. The Bertz CT molecular complexity index is 821. The van der Waals surface area contributed by atoms with Crippen molar-refractivity contribution in [1.82, 2.24) is 5.32 Å². The molecule has 10 nitrogen and oxygen atoms in total. The minimum absolute atomic E-state index is 0.0322. The van der Waals surface area contributed by atoms with Gasteiger partial charge in [0.05, 0.1) is 0 Å². The number of hydrogen-bond acceptors (Lipinski definition) is 7. The predicted molar refractivity (Wildman–Crippen MR) is 105 cm³/mol. The van der Waals surface area contributed by atoms with Crippen molar-refractivity contribution in [2.75, 3.05) is 0 Å². The van der Waals surface area contributed by atoms with Crippen LogP contribution in [0.3, 0.4) is 0 Å². The van der Waals surface area contributed by atoms with E-state index in [9.17, 15) is 29.4 Å². The molecule has 10 heteroatoms. The first-order chi connectivity index (χ1) is 13.5. The summed E-state index contributed by atoms with van der Waals surface area (Å²) in [7, 11) is 0. The average molecular weight is 406 g/mol. The summed E-state index contributed by atoms with van der Waals surface area (Å²) in [4.78, 5) is 50.8. The molecule has 3 amide bonds. The third-order valence-corrected chi connectivity index (χ3v) is 4.13. The highest BCUT2D eigenvalue weighted by Gasteiger charge is 2.25. The van der Waals surface area contributed by atoms with Crippen molar-refractivity contribution < 1.29 is 29.4 Å². The summed E-state index contributed by atoms with van der Waals surface area (Å²) in [6.07, 6.45) is -0.0649. The molecule has 0 fully saturated rings. The molecule has 1 aromatic rings. The van der Waals surface area contributed by atoms with Crippen molar-refractivity contribution in [1.29, 1.82) is 0 Å². The van der Waals surface area contributed by atoms with Crippen molar-refractivity contribution in [3.8, 4) is 11.5 Å². The lowest BCUT2D eigenvalue weighted by atomic mass is 10.1. The third-order valence-electron chi connectivity index (χ3n) is 4.13. The van der Waals surface area contributed by atoms with Gasteiger partial charge in [-0.15, -0.1) is 0 Å². The minimum atomic E-state index is -1.09. The number of nitrogens with one attached hydrogen (secondary N) is 1. The first-order valence-corrected chi connectivity index (χ1v) is 8.95. The number of hydrogen-bond donors (Lipinski definition) is 5. The summed E-state index contributed by atoms with van der Waals surface area (Å²) < 4.78 is 0. The second-order valence-corrected chi connectivity index (χ2v) is 6.64. The first kappa shape index (κ1) is 23.6. The first-order valence-electron chi connectivity index (χ1n) is 8.95. The van der Waals surface area contributed by atoms with Crippen LogP contribution in [-0.2, 0) is 19.2 Å². The van der Waals surface area contributed by atoms with E-state index in [1.165, 1.54) is 26.0 Å². The zero-order valence-corrected chi connectivity index (χ0v) is 16.3. The van der Waals surface area contributed by atoms with Crippen LogP contribution in [0.5, 0.6) is 11.5 Å². The maximum Gasteiger partial charge on any atom is 0.245 e. The average Bonchev–Trinajstić information content (AvgIpc) is 2.60. The van der Waals surface area contributed by atoms with Crippen molar-refractivity contribution in [3.63, 3.8) is 0 Å². The number of aromatic hydroxyl groups is 2. The number of amides is 3. The van der Waals surface area contributed by atoms with E-state index in [0.717, 1.165) is 6.07 Å². The van der Waals surface area contributed by atoms with E-state index in [-0.39, 0.29) is 54.2 Å². The Kier molecular flexibility index (Phi) is 8.78. The Morgan fingerprint density at radius 1 is 1.07 bits per heavy atom. The lowest BCUT2D eigenvalue weighted by molar-refractivity contribution is -0.129. The van der Waals surface area contributed by atoms with Crippen LogP contribution in [0.15, 0.2) is 23.2 Å². The quantitative estimate of drug-likeness (QED) is 0.319. The molecule has 0 aliphatic heterocycles. The fraction of sp³-hybridized carbons (Fsp3) is 0.421. The normalized spacial score (nSPS) is 13.4. The molecule has 0 radical (unpaired) electrons. The van der Waals surface area contributed by atoms with Crippen molar-refractivity contribution in [3.05, 3.63) is 23.8 Å². The molecule has 2 unspecified atom stereocenters. The maximum absolute atomic E-state index is 12.7. The van der Waals surface area contributed by atoms with Crippen LogP contribution in [0.4, 0.5) is 0 Å². The zero-order valence-electron chi connectivity index (χ0n) is 16.3. The molecule has 0 saturated carbocycles. The number of aliphatic imine (C=N–C) groups is 1. The van der Waals surface area contributed by atoms with E-state index >= 15 is 0 Å². The molecule has 29 heavy (non-hydrogen) atoms. The highest BCUT2D eigenvalue weighted by molar-refractivity contribution is 6.02. The Morgan fingerprint density at radius 2 is 1.72 bits per heavy atom. The van der Waals surface area contributed by atoms with E-state index in [4.69, 9.17) is 11.5 Å². The standard InChI is InChI=1S/C19H26N4O6/c1-10(24)3-6-14(18(21)28)23-19(29)15(7-8-17(20)27)22-11(2)13-5-4-12(25)9-16(13)26/h4-5,9,14-15,25-26H,3,6-8H2,1-2H3,(H2,20,27)(H2,21,28)(H,23,29). The van der Waals surface area contributed by atoms with E-state index in [1.54, 1.807) is 0 Å². The largest absolute Gasteiger partial charge is 0.508 e. The molecule has 7 N–H and O–H groups in total. The van der Waals surface area contributed by atoms with Gasteiger partial charge in [-0.05, 0) is 38.8 Å². The predicted octanol–water partition coefficient (Wildman–Crippen LogP) is -0.120. The number of benzene rings is 1. The molecule has 2 atom stereocenters. The highest BCUT2D eigenvalue weighted by atomic mass is 16.3. The molecule has 0 spiro atoms. The molecule has 0 saturated heterocycles. The van der Waals surface area contributed by atoms with Gasteiger partial charge in [0.15, 0.2) is 0 Å². The summed E-state index contributed by atoms with van der Waals surface area (Å²) in [5.74, 6) is -2.64. The molecule has 1 rings (SSSR count). The van der Waals surface area contributed by atoms with Crippen LogP contribution in [0, 0.1) is 0 Å². The van der Waals surface area contributed by atoms with Crippen molar-refractivity contribution in [2.45, 2.75) is 51.6 Å². The van der Waals surface area contributed by atoms with E-state index in [2.05, 4.69) is 10.3 Å². The SMILES string of the molecule is CC(=O)CCC(NC(=O)C(CCC(N)=O)N=C(C)c1ccc(O)cc1O)C(N)=O. The van der Waals surface area contributed by atoms with Crippen LogP contribution in [0.2, 0.25) is 0 Å². The number of carbonyl (C=O) groups excluding carboxylic acids is 4. The molecule has 158 valence electrons. The number of nitrogens with two attached hydrogens (primary N) is 2. The van der Waals surface area contributed by atoms with Gasteiger partial charge in [-0.3, -0.25) is 19.4 Å². The second-order valence-electron chi connectivity index (χ2n) is 6.64. The molecule has 1 aromatic carbocycles. The smallest absolute Gasteiger partial charge is 0.245 e. The van der Waals surface area contributed by atoms with Gasteiger partial charge >= 0.3 is 0 Å². The molecular weight excluding hydrogens is 380 g/mol. The van der Waals surface area contributed by atoms with Crippen LogP contribution in [-0.4, -0.2) is 51.5 Å². The van der Waals surface area contributed by atoms with E-state index in [1.807, 2.05) is 0 Å². The number of phenols is 2. The highest BCUT2D eigenvalue weighted by Crippen LogP contribution is 2.23. The number of phenolic OH excluding ortho intramolecular Hbond substituents is 2. The zero-order chi connectivity index (χ0) is 22.1. The lowest BCUT2D eigenvalue weighted by Gasteiger charge is -2.19. The molecular formula is C19H26N4O6. The van der Waals surface area contributed by atoms with Crippen LogP contribution >= 0.6 is 0 Å². The summed E-state index contributed by atoms with van der Waals surface area (Å²) in [6.45, 7) is 2.89. The van der Waals surface area contributed by atoms with Crippen molar-refractivity contribution in [2.24, 2.45) is 16.5 Å². The van der Waals surface area contributed by atoms with Gasteiger partial charge in [0.2, 0.25) is 17.7 Å². The number of ketones is 1. The molecule has 0 heterocycles. The molecule has 0 aliphatic carbocycles. The van der Waals surface area contributed by atoms with Gasteiger partial charge in [-0.25, -0.2) is 0 Å². The Labute approximate surface area is 168 Å². The molecule has 0 aliphatic rings. The maximum atomic E-state index is 12.7. The Balaban J connectivity index is 3.08. The topological polar surface area (TPSA) is 185 Å². The van der Waals surface area contributed by atoms with Gasteiger partial charge in [-0.2, -0.15) is 0 Å². The van der Waals surface area contributed by atoms with Crippen molar-refractivity contribution >= 4 is 29.2 Å². The van der Waals surface area contributed by atoms with E-state index < -0.39 is 29.8 Å². The van der Waals surface area contributed by atoms with Gasteiger partial charge in [-0.1, -0.05) is 0 Å². The van der Waals surface area contributed by atoms with Gasteiger partial charge < -0.3 is 31.8 Å². The Hall–Kier alpha value is -3.43.